The van der Waals surface area contributed by atoms with Gasteiger partial charge in [-0.25, -0.2) is 0 Å². The predicted molar refractivity (Wildman–Crippen MR) is 69.0 cm³/mol. The number of aliphatic imine (C=N–C) groups is 1. The van der Waals surface area contributed by atoms with Gasteiger partial charge in [-0.3, -0.25) is 4.99 Å². The van der Waals surface area contributed by atoms with Crippen LogP contribution in [-0.2, 0) is 0 Å². The highest BCUT2D eigenvalue weighted by molar-refractivity contribution is 6.56. The molecule has 3 aliphatic carbocycles. The largest absolute Gasteiger partial charge is 0.293 e. The normalized spacial score (nSPS) is 42.9. The Morgan fingerprint density at radius 3 is 2.75 bits per heavy atom. The standard InChI is InChI=1S/C13H15Cl2N/c1-16-10-4-2-3-7-8-5-6-9(11(7)10)12(8)13(14)15/h2,4,7-9,11H,3,5-6H2,1H3/b16-10+. The van der Waals surface area contributed by atoms with Crippen molar-refractivity contribution in [3.05, 3.63) is 22.2 Å². The quantitative estimate of drug-likeness (QED) is 0.621. The van der Waals surface area contributed by atoms with Gasteiger partial charge in [0, 0.05) is 18.7 Å². The van der Waals surface area contributed by atoms with E-state index in [1.165, 1.54) is 24.1 Å². The van der Waals surface area contributed by atoms with Crippen LogP contribution in [0.4, 0.5) is 0 Å². The van der Waals surface area contributed by atoms with E-state index in [9.17, 15) is 0 Å². The number of rotatable bonds is 0. The summed E-state index contributed by atoms with van der Waals surface area (Å²) in [5, 5.41) is 0. The van der Waals surface area contributed by atoms with Crippen LogP contribution in [0.1, 0.15) is 19.3 Å². The van der Waals surface area contributed by atoms with Crippen LogP contribution in [-0.4, -0.2) is 12.8 Å². The average Bonchev–Trinajstić information content (AvgIpc) is 2.84. The van der Waals surface area contributed by atoms with Crippen LogP contribution in [0.25, 0.3) is 0 Å². The fourth-order valence-corrected chi connectivity index (χ4v) is 4.57. The van der Waals surface area contributed by atoms with Crippen molar-refractivity contribution in [3.63, 3.8) is 0 Å². The van der Waals surface area contributed by atoms with Crippen LogP contribution < -0.4 is 0 Å². The summed E-state index contributed by atoms with van der Waals surface area (Å²) in [7, 11) is 1.89. The average molecular weight is 256 g/mol. The highest BCUT2D eigenvalue weighted by Crippen LogP contribution is 2.60. The van der Waals surface area contributed by atoms with Crippen molar-refractivity contribution < 1.29 is 0 Å². The maximum atomic E-state index is 6.05. The number of hydrogen-bond donors (Lipinski definition) is 0. The van der Waals surface area contributed by atoms with Gasteiger partial charge < -0.3 is 0 Å². The van der Waals surface area contributed by atoms with Gasteiger partial charge in [0.1, 0.15) is 4.49 Å². The number of hydrogen-bond acceptors (Lipinski definition) is 1. The molecule has 4 unspecified atom stereocenters. The molecule has 1 nitrogen and oxygen atoms in total. The molecular formula is C13H15Cl2N. The first-order valence-electron chi connectivity index (χ1n) is 5.92. The minimum absolute atomic E-state index is 0.525. The number of nitrogens with zero attached hydrogens (tertiary/aromatic N) is 1. The fourth-order valence-electron chi connectivity index (χ4n) is 4.01. The first-order chi connectivity index (χ1) is 7.74. The van der Waals surface area contributed by atoms with Gasteiger partial charge in [0.15, 0.2) is 0 Å². The second-order valence-electron chi connectivity index (χ2n) is 4.98. The summed E-state index contributed by atoms with van der Waals surface area (Å²) in [4.78, 5) is 4.42. The minimum Gasteiger partial charge on any atom is -0.293 e. The lowest BCUT2D eigenvalue weighted by Gasteiger charge is -2.32. The molecule has 2 bridgehead atoms. The topological polar surface area (TPSA) is 12.4 Å². The lowest BCUT2D eigenvalue weighted by atomic mass is 9.72. The molecule has 3 rings (SSSR count). The molecular weight excluding hydrogens is 241 g/mol. The van der Waals surface area contributed by atoms with E-state index in [4.69, 9.17) is 23.2 Å². The Hall–Kier alpha value is -0.270. The molecule has 3 heteroatoms. The Morgan fingerprint density at radius 1 is 1.31 bits per heavy atom. The van der Waals surface area contributed by atoms with E-state index < -0.39 is 0 Å². The van der Waals surface area contributed by atoms with Crippen molar-refractivity contribution in [2.75, 3.05) is 7.05 Å². The van der Waals surface area contributed by atoms with E-state index in [0.29, 0.717) is 28.2 Å². The van der Waals surface area contributed by atoms with Gasteiger partial charge >= 0.3 is 0 Å². The molecule has 86 valence electrons. The van der Waals surface area contributed by atoms with Crippen LogP contribution in [0.15, 0.2) is 27.2 Å². The Morgan fingerprint density at radius 2 is 2.06 bits per heavy atom. The molecule has 0 radical (unpaired) electrons. The molecule has 2 saturated carbocycles. The number of halogens is 2. The lowest BCUT2D eigenvalue weighted by molar-refractivity contribution is 0.281. The summed E-state index contributed by atoms with van der Waals surface area (Å²) in [6, 6.07) is 0. The molecule has 0 saturated heterocycles. The summed E-state index contributed by atoms with van der Waals surface area (Å²) in [6.45, 7) is 0. The van der Waals surface area contributed by atoms with Gasteiger partial charge in [-0.15, -0.1) is 0 Å². The molecule has 0 aromatic carbocycles. The van der Waals surface area contributed by atoms with Gasteiger partial charge in [0.05, 0.1) is 0 Å². The molecule has 0 spiro atoms. The summed E-state index contributed by atoms with van der Waals surface area (Å²) in [5.74, 6) is 2.45. The maximum Gasteiger partial charge on any atom is 0.106 e. The van der Waals surface area contributed by atoms with Gasteiger partial charge in [-0.2, -0.15) is 0 Å². The Balaban J connectivity index is 2.06. The third-order valence-electron chi connectivity index (χ3n) is 4.51. The zero-order chi connectivity index (χ0) is 11.3. The molecule has 3 aliphatic rings. The van der Waals surface area contributed by atoms with E-state index in [0.717, 1.165) is 6.42 Å². The Labute approximate surface area is 106 Å². The summed E-state index contributed by atoms with van der Waals surface area (Å²) >= 11 is 12.1. The molecule has 2 fully saturated rings. The van der Waals surface area contributed by atoms with Crippen LogP contribution in [0.3, 0.4) is 0 Å². The van der Waals surface area contributed by atoms with Crippen molar-refractivity contribution in [1.29, 1.82) is 0 Å². The Kier molecular flexibility index (Phi) is 2.64. The van der Waals surface area contributed by atoms with Gasteiger partial charge in [-0.1, -0.05) is 29.3 Å². The highest BCUT2D eigenvalue weighted by Gasteiger charge is 2.53. The molecule has 0 N–H and O–H groups in total. The third-order valence-corrected chi connectivity index (χ3v) is 4.95. The summed E-state index contributed by atoms with van der Waals surface area (Å²) < 4.78 is 0.525. The van der Waals surface area contributed by atoms with E-state index >= 15 is 0 Å². The number of fused-ring (bicyclic) bond motifs is 5. The molecule has 4 atom stereocenters. The van der Waals surface area contributed by atoms with Crippen molar-refractivity contribution in [3.8, 4) is 0 Å². The molecule has 0 aromatic rings. The molecule has 0 aromatic heterocycles. The van der Waals surface area contributed by atoms with Gasteiger partial charge in [0.2, 0.25) is 0 Å². The van der Waals surface area contributed by atoms with E-state index in [-0.39, 0.29) is 0 Å². The summed E-state index contributed by atoms with van der Waals surface area (Å²) in [5.41, 5.74) is 2.57. The van der Waals surface area contributed by atoms with E-state index in [1.807, 2.05) is 7.05 Å². The van der Waals surface area contributed by atoms with Crippen molar-refractivity contribution >= 4 is 28.9 Å². The van der Waals surface area contributed by atoms with Crippen LogP contribution >= 0.6 is 23.2 Å². The first-order valence-corrected chi connectivity index (χ1v) is 6.68. The molecule has 16 heavy (non-hydrogen) atoms. The number of allylic oxidation sites excluding steroid dienone is 3. The fraction of sp³-hybridized carbons (Fsp3) is 0.615. The van der Waals surface area contributed by atoms with Crippen LogP contribution in [0.5, 0.6) is 0 Å². The molecule has 0 aliphatic heterocycles. The third kappa shape index (κ3) is 1.34. The minimum atomic E-state index is 0.525. The monoisotopic (exact) mass is 255 g/mol. The molecule has 0 heterocycles. The zero-order valence-electron chi connectivity index (χ0n) is 9.29. The summed E-state index contributed by atoms with van der Waals surface area (Å²) in [6.07, 6.45) is 8.09. The second kappa shape index (κ2) is 3.89. The van der Waals surface area contributed by atoms with Gasteiger partial charge in [0.25, 0.3) is 0 Å². The molecule has 0 amide bonds. The SMILES string of the molecule is C/N=C1\C=CCC2C3CCC(C3=C(Cl)Cl)C12. The maximum absolute atomic E-state index is 6.05. The van der Waals surface area contributed by atoms with Crippen LogP contribution in [0, 0.1) is 23.7 Å². The van der Waals surface area contributed by atoms with Crippen molar-refractivity contribution in [1.82, 2.24) is 0 Å². The lowest BCUT2D eigenvalue weighted by Crippen LogP contribution is -2.30. The van der Waals surface area contributed by atoms with Crippen molar-refractivity contribution in [2.45, 2.75) is 19.3 Å². The Bertz CT molecular complexity index is 404. The second-order valence-corrected chi connectivity index (χ2v) is 5.93. The van der Waals surface area contributed by atoms with E-state index in [2.05, 4.69) is 17.1 Å². The van der Waals surface area contributed by atoms with Gasteiger partial charge in [-0.05, 0) is 48.7 Å². The highest BCUT2D eigenvalue weighted by atomic mass is 35.5. The first kappa shape index (κ1) is 10.9. The van der Waals surface area contributed by atoms with E-state index in [1.54, 1.807) is 0 Å². The predicted octanol–water partition coefficient (Wildman–Crippen LogP) is 3.98. The zero-order valence-corrected chi connectivity index (χ0v) is 10.8. The smallest absolute Gasteiger partial charge is 0.106 e. The van der Waals surface area contributed by atoms with Crippen molar-refractivity contribution in [2.24, 2.45) is 28.7 Å². The van der Waals surface area contributed by atoms with Crippen LogP contribution in [0.2, 0.25) is 0 Å².